The van der Waals surface area contributed by atoms with Crippen molar-refractivity contribution < 1.29 is 0 Å². The lowest BCUT2D eigenvalue weighted by atomic mass is 9.79. The Labute approximate surface area is 74.1 Å². The number of fused-ring (bicyclic) bond motifs is 2. The number of nitrogens with zero attached hydrogens (tertiary/aromatic N) is 1. The third-order valence-electron chi connectivity index (χ3n) is 3.46. The fraction of sp³-hybridized carbons (Fsp3) is 1.00. The minimum atomic E-state index is -0.387. The molecule has 4 N–H and O–H groups in total. The van der Waals surface area contributed by atoms with Crippen LogP contribution in [0, 0.1) is 0 Å². The lowest BCUT2D eigenvalue weighted by molar-refractivity contribution is 0.0260. The molecule has 2 atom stereocenters. The molecule has 0 radical (unpaired) electrons. The van der Waals surface area contributed by atoms with Crippen molar-refractivity contribution in [2.24, 2.45) is 11.5 Å². The molecule has 2 rings (SSSR count). The number of hydrogen-bond donors (Lipinski definition) is 2. The molecule has 0 aliphatic carbocycles. The molecule has 2 saturated heterocycles. The second-order valence-corrected chi connectivity index (χ2v) is 4.55. The molecular formula is C9H19N3. The SMILES string of the molecule is CN1C2CCCC1CC(N)(N)C2. The Morgan fingerprint density at radius 3 is 2.17 bits per heavy atom. The average molecular weight is 169 g/mol. The van der Waals surface area contributed by atoms with Crippen molar-refractivity contribution in [3.63, 3.8) is 0 Å². The van der Waals surface area contributed by atoms with Gasteiger partial charge in [-0.25, -0.2) is 0 Å². The van der Waals surface area contributed by atoms with E-state index in [-0.39, 0.29) is 5.66 Å². The van der Waals surface area contributed by atoms with Crippen LogP contribution in [0.5, 0.6) is 0 Å². The van der Waals surface area contributed by atoms with Crippen LogP contribution in [-0.2, 0) is 0 Å². The van der Waals surface area contributed by atoms with Gasteiger partial charge in [0.15, 0.2) is 0 Å². The van der Waals surface area contributed by atoms with Crippen molar-refractivity contribution in [2.75, 3.05) is 7.05 Å². The molecule has 2 fully saturated rings. The molecule has 0 aromatic carbocycles. The predicted octanol–water partition coefficient (Wildman–Crippen LogP) is 0.247. The van der Waals surface area contributed by atoms with Gasteiger partial charge in [-0.1, -0.05) is 6.42 Å². The molecule has 2 unspecified atom stereocenters. The monoisotopic (exact) mass is 169 g/mol. The van der Waals surface area contributed by atoms with E-state index < -0.39 is 0 Å². The summed E-state index contributed by atoms with van der Waals surface area (Å²) in [5.74, 6) is 0. The molecule has 0 saturated carbocycles. The second kappa shape index (κ2) is 2.69. The lowest BCUT2D eigenvalue weighted by Crippen LogP contribution is -2.64. The summed E-state index contributed by atoms with van der Waals surface area (Å²) in [5.41, 5.74) is 11.6. The van der Waals surface area contributed by atoms with Crippen LogP contribution >= 0.6 is 0 Å². The standard InChI is InChI=1S/C9H19N3/c1-12-7-3-2-4-8(12)6-9(10,11)5-7/h7-8H,2-6,10-11H2,1H3. The van der Waals surface area contributed by atoms with E-state index in [1.54, 1.807) is 0 Å². The van der Waals surface area contributed by atoms with Gasteiger partial charge >= 0.3 is 0 Å². The van der Waals surface area contributed by atoms with Crippen LogP contribution in [-0.4, -0.2) is 29.7 Å². The van der Waals surface area contributed by atoms with Gasteiger partial charge < -0.3 is 16.4 Å². The minimum Gasteiger partial charge on any atom is -0.313 e. The van der Waals surface area contributed by atoms with E-state index in [2.05, 4.69) is 11.9 Å². The molecule has 0 amide bonds. The Morgan fingerprint density at radius 1 is 1.17 bits per heavy atom. The van der Waals surface area contributed by atoms with Gasteiger partial charge in [0.25, 0.3) is 0 Å². The van der Waals surface area contributed by atoms with Crippen LogP contribution < -0.4 is 11.5 Å². The lowest BCUT2D eigenvalue weighted by Gasteiger charge is -2.49. The van der Waals surface area contributed by atoms with Crippen LogP contribution in [0.4, 0.5) is 0 Å². The molecule has 3 heteroatoms. The van der Waals surface area contributed by atoms with Gasteiger partial charge in [-0.2, -0.15) is 0 Å². The molecule has 0 spiro atoms. The van der Waals surface area contributed by atoms with E-state index in [0.29, 0.717) is 12.1 Å². The van der Waals surface area contributed by atoms with Gasteiger partial charge in [-0.3, -0.25) is 0 Å². The maximum atomic E-state index is 5.98. The number of rotatable bonds is 0. The molecule has 2 aliphatic heterocycles. The second-order valence-electron chi connectivity index (χ2n) is 4.55. The van der Waals surface area contributed by atoms with Gasteiger partial charge in [-0.15, -0.1) is 0 Å². The summed E-state index contributed by atoms with van der Waals surface area (Å²) in [4.78, 5) is 2.47. The highest BCUT2D eigenvalue weighted by Crippen LogP contribution is 2.34. The summed E-state index contributed by atoms with van der Waals surface area (Å²) < 4.78 is 0. The normalized spacial score (nSPS) is 41.2. The van der Waals surface area contributed by atoms with Gasteiger partial charge in [0, 0.05) is 12.1 Å². The van der Waals surface area contributed by atoms with E-state index >= 15 is 0 Å². The first-order chi connectivity index (χ1) is 5.58. The molecule has 0 aromatic heterocycles. The van der Waals surface area contributed by atoms with Gasteiger partial charge in [0.1, 0.15) is 0 Å². The van der Waals surface area contributed by atoms with Crippen molar-refractivity contribution in [1.82, 2.24) is 4.90 Å². The first-order valence-corrected chi connectivity index (χ1v) is 4.88. The number of piperidine rings is 2. The highest BCUT2D eigenvalue weighted by molar-refractivity contribution is 4.98. The summed E-state index contributed by atoms with van der Waals surface area (Å²) in [7, 11) is 2.21. The summed E-state index contributed by atoms with van der Waals surface area (Å²) >= 11 is 0. The third kappa shape index (κ3) is 1.37. The van der Waals surface area contributed by atoms with E-state index in [9.17, 15) is 0 Å². The zero-order valence-corrected chi connectivity index (χ0v) is 7.79. The maximum absolute atomic E-state index is 5.98. The maximum Gasteiger partial charge on any atom is 0.0666 e. The Morgan fingerprint density at radius 2 is 1.67 bits per heavy atom. The Kier molecular flexibility index (Phi) is 1.90. The molecule has 12 heavy (non-hydrogen) atoms. The number of hydrogen-bond acceptors (Lipinski definition) is 3. The van der Waals surface area contributed by atoms with Crippen molar-refractivity contribution in [3.8, 4) is 0 Å². The summed E-state index contributed by atoms with van der Waals surface area (Å²) in [6.07, 6.45) is 5.86. The Balaban J connectivity index is 2.12. The number of nitrogens with two attached hydrogens (primary N) is 2. The quantitative estimate of drug-likeness (QED) is 0.511. The Bertz CT molecular complexity index is 163. The predicted molar refractivity (Wildman–Crippen MR) is 49.5 cm³/mol. The van der Waals surface area contributed by atoms with Crippen molar-refractivity contribution in [1.29, 1.82) is 0 Å². The third-order valence-corrected chi connectivity index (χ3v) is 3.46. The van der Waals surface area contributed by atoms with Crippen LogP contribution in [0.15, 0.2) is 0 Å². The fourth-order valence-corrected chi connectivity index (χ4v) is 2.75. The van der Waals surface area contributed by atoms with Crippen LogP contribution in [0.1, 0.15) is 32.1 Å². The first-order valence-electron chi connectivity index (χ1n) is 4.88. The van der Waals surface area contributed by atoms with Crippen LogP contribution in [0.3, 0.4) is 0 Å². The summed E-state index contributed by atoms with van der Waals surface area (Å²) in [5, 5.41) is 0. The van der Waals surface area contributed by atoms with E-state index in [0.717, 1.165) is 12.8 Å². The summed E-state index contributed by atoms with van der Waals surface area (Å²) in [6.45, 7) is 0. The van der Waals surface area contributed by atoms with Crippen molar-refractivity contribution in [2.45, 2.75) is 49.9 Å². The highest BCUT2D eigenvalue weighted by atomic mass is 15.2. The minimum absolute atomic E-state index is 0.387. The average Bonchev–Trinajstić information content (AvgIpc) is 1.92. The highest BCUT2D eigenvalue weighted by Gasteiger charge is 2.40. The molecule has 2 heterocycles. The van der Waals surface area contributed by atoms with Crippen molar-refractivity contribution in [3.05, 3.63) is 0 Å². The van der Waals surface area contributed by atoms with Gasteiger partial charge in [-0.05, 0) is 32.7 Å². The molecule has 0 aromatic rings. The summed E-state index contributed by atoms with van der Waals surface area (Å²) in [6, 6.07) is 1.29. The van der Waals surface area contributed by atoms with E-state index in [4.69, 9.17) is 11.5 Å². The molecule has 70 valence electrons. The van der Waals surface area contributed by atoms with E-state index in [1.807, 2.05) is 0 Å². The van der Waals surface area contributed by atoms with Crippen LogP contribution in [0.25, 0.3) is 0 Å². The van der Waals surface area contributed by atoms with Crippen LogP contribution in [0.2, 0.25) is 0 Å². The smallest absolute Gasteiger partial charge is 0.0666 e. The molecule has 2 bridgehead atoms. The zero-order valence-electron chi connectivity index (χ0n) is 7.79. The zero-order chi connectivity index (χ0) is 8.77. The van der Waals surface area contributed by atoms with Gasteiger partial charge in [0.2, 0.25) is 0 Å². The Hall–Kier alpha value is -0.120. The topological polar surface area (TPSA) is 55.3 Å². The molecular weight excluding hydrogens is 150 g/mol. The van der Waals surface area contributed by atoms with Gasteiger partial charge in [0.05, 0.1) is 5.66 Å². The molecule has 3 nitrogen and oxygen atoms in total. The first kappa shape index (κ1) is 8.48. The largest absolute Gasteiger partial charge is 0.313 e. The van der Waals surface area contributed by atoms with Crippen molar-refractivity contribution >= 4 is 0 Å². The molecule has 2 aliphatic rings. The van der Waals surface area contributed by atoms with E-state index in [1.165, 1.54) is 19.3 Å². The fourth-order valence-electron chi connectivity index (χ4n) is 2.75.